The van der Waals surface area contributed by atoms with E-state index in [1.54, 1.807) is 0 Å². The second kappa shape index (κ2) is 4.39. The van der Waals surface area contributed by atoms with Crippen LogP contribution >= 0.6 is 0 Å². The molecule has 3 fully saturated rings. The lowest BCUT2D eigenvalue weighted by atomic mass is 9.47. The summed E-state index contributed by atoms with van der Waals surface area (Å²) in [6.45, 7) is 4.14. The summed E-state index contributed by atoms with van der Waals surface area (Å²) in [7, 11) is 0. The number of fused-ring (bicyclic) bond motifs is 5. The molecule has 0 heterocycles. The first-order chi connectivity index (χ1) is 10.4. The molecule has 0 aromatic carbocycles. The van der Waals surface area contributed by atoms with Gasteiger partial charge in [-0.2, -0.15) is 0 Å². The molecule has 0 aromatic heterocycles. The van der Waals surface area contributed by atoms with Gasteiger partial charge in [0.2, 0.25) is 11.6 Å². The van der Waals surface area contributed by atoms with E-state index >= 15 is 0 Å². The molecule has 3 nitrogen and oxygen atoms in total. The van der Waals surface area contributed by atoms with E-state index in [4.69, 9.17) is 0 Å². The molecule has 4 rings (SSSR count). The molecule has 0 aliphatic heterocycles. The van der Waals surface area contributed by atoms with Gasteiger partial charge >= 0.3 is 0 Å². The van der Waals surface area contributed by atoms with Crippen molar-refractivity contribution >= 4 is 17.3 Å². The Morgan fingerprint density at radius 2 is 1.91 bits per heavy atom. The fraction of sp³-hybridized carbons (Fsp3) is 0.737. The number of ketones is 3. The highest BCUT2D eigenvalue weighted by Crippen LogP contribution is 2.63. The van der Waals surface area contributed by atoms with Gasteiger partial charge in [0.05, 0.1) is 5.41 Å². The van der Waals surface area contributed by atoms with Gasteiger partial charge in [-0.25, -0.2) is 0 Å². The number of hydrogen-bond acceptors (Lipinski definition) is 3. The lowest BCUT2D eigenvalue weighted by Gasteiger charge is -2.55. The van der Waals surface area contributed by atoms with Crippen LogP contribution in [0.4, 0.5) is 0 Å². The van der Waals surface area contributed by atoms with Crippen molar-refractivity contribution in [3.05, 3.63) is 11.6 Å². The molecule has 4 aliphatic carbocycles. The number of allylic oxidation sites excluding steroid dienone is 2. The van der Waals surface area contributed by atoms with Crippen molar-refractivity contribution in [2.45, 2.75) is 58.8 Å². The van der Waals surface area contributed by atoms with Crippen LogP contribution in [0.25, 0.3) is 0 Å². The van der Waals surface area contributed by atoms with Gasteiger partial charge in [0.25, 0.3) is 0 Å². The predicted molar refractivity (Wildman–Crippen MR) is 82.1 cm³/mol. The Kier molecular flexibility index (Phi) is 2.87. The highest BCUT2D eigenvalue weighted by molar-refractivity contribution is 6.41. The molecule has 22 heavy (non-hydrogen) atoms. The summed E-state index contributed by atoms with van der Waals surface area (Å²) in [5.41, 5.74) is 0.366. The van der Waals surface area contributed by atoms with E-state index in [1.807, 2.05) is 13.0 Å². The molecule has 0 spiro atoms. The summed E-state index contributed by atoms with van der Waals surface area (Å²) >= 11 is 0. The van der Waals surface area contributed by atoms with Crippen LogP contribution in [-0.4, -0.2) is 17.3 Å². The van der Waals surface area contributed by atoms with Crippen LogP contribution in [0, 0.1) is 28.6 Å². The molecule has 5 atom stereocenters. The third-order valence-electron chi connectivity index (χ3n) is 7.32. The summed E-state index contributed by atoms with van der Waals surface area (Å²) in [6, 6.07) is 0. The smallest absolute Gasteiger partial charge is 0.209 e. The van der Waals surface area contributed by atoms with Crippen molar-refractivity contribution in [1.29, 1.82) is 0 Å². The molecule has 0 aromatic rings. The van der Waals surface area contributed by atoms with Gasteiger partial charge in [0.15, 0.2) is 0 Å². The lowest BCUT2D eigenvalue weighted by Crippen LogP contribution is -2.57. The first kappa shape index (κ1) is 14.3. The Morgan fingerprint density at radius 1 is 1.14 bits per heavy atom. The number of rotatable bonds is 0. The fourth-order valence-corrected chi connectivity index (χ4v) is 6.29. The number of carbonyl (C=O) groups is 3. The topological polar surface area (TPSA) is 51.2 Å². The Morgan fingerprint density at radius 3 is 2.68 bits per heavy atom. The molecule has 118 valence electrons. The van der Waals surface area contributed by atoms with E-state index in [9.17, 15) is 14.4 Å². The van der Waals surface area contributed by atoms with Gasteiger partial charge in [-0.05, 0) is 49.9 Å². The van der Waals surface area contributed by atoms with Crippen LogP contribution in [0.3, 0.4) is 0 Å². The standard InChI is InChI=1S/C19H24O3/c1-18-9-3-4-13(18)12-7-5-11-6-8-14(20)17(22)19(11,2)16(12)15(21)10-18/h6,12-13,16H,3-5,7-10H2,1-2H3/t12-,13-,16+,18-,19-/m0/s1. The fourth-order valence-electron chi connectivity index (χ4n) is 6.29. The summed E-state index contributed by atoms with van der Waals surface area (Å²) in [6.07, 6.45) is 8.19. The van der Waals surface area contributed by atoms with Gasteiger partial charge in [0.1, 0.15) is 5.78 Å². The van der Waals surface area contributed by atoms with E-state index in [0.717, 1.165) is 24.8 Å². The predicted octanol–water partition coefficient (Wildman–Crippen LogP) is 3.27. The maximum atomic E-state index is 13.0. The van der Waals surface area contributed by atoms with Crippen molar-refractivity contribution in [2.75, 3.05) is 0 Å². The van der Waals surface area contributed by atoms with Gasteiger partial charge in [-0.3, -0.25) is 14.4 Å². The Balaban J connectivity index is 1.82. The van der Waals surface area contributed by atoms with Crippen molar-refractivity contribution in [1.82, 2.24) is 0 Å². The molecule has 3 heteroatoms. The van der Waals surface area contributed by atoms with E-state index in [2.05, 4.69) is 6.92 Å². The number of Topliss-reactive ketones (excluding diaryl/α,β-unsaturated/α-hetero) is 3. The van der Waals surface area contributed by atoms with Crippen LogP contribution in [0.5, 0.6) is 0 Å². The molecule has 0 bridgehead atoms. The van der Waals surface area contributed by atoms with E-state index in [-0.39, 0.29) is 35.1 Å². The maximum absolute atomic E-state index is 13.0. The molecule has 0 unspecified atom stereocenters. The van der Waals surface area contributed by atoms with Gasteiger partial charge in [-0.1, -0.05) is 25.0 Å². The first-order valence-corrected chi connectivity index (χ1v) is 8.68. The third kappa shape index (κ3) is 1.60. The maximum Gasteiger partial charge on any atom is 0.209 e. The minimum Gasteiger partial charge on any atom is -0.299 e. The first-order valence-electron chi connectivity index (χ1n) is 8.68. The van der Waals surface area contributed by atoms with Gasteiger partial charge < -0.3 is 0 Å². The Bertz CT molecular complexity index is 616. The zero-order chi connectivity index (χ0) is 15.7. The second-order valence-electron chi connectivity index (χ2n) is 8.36. The largest absolute Gasteiger partial charge is 0.299 e. The summed E-state index contributed by atoms with van der Waals surface area (Å²) in [4.78, 5) is 37.7. The van der Waals surface area contributed by atoms with Crippen molar-refractivity contribution in [3.8, 4) is 0 Å². The SMILES string of the molecule is C[C@@]12CCC[C@H]1[C@@H]1CCC3=CCC(=O)C(=O)[C@]3(C)[C@H]1C(=O)C2. The molecule has 0 N–H and O–H groups in total. The molecular weight excluding hydrogens is 276 g/mol. The molecule has 0 amide bonds. The Labute approximate surface area is 131 Å². The molecule has 4 aliphatic rings. The second-order valence-corrected chi connectivity index (χ2v) is 8.36. The van der Waals surface area contributed by atoms with E-state index in [0.29, 0.717) is 18.3 Å². The van der Waals surface area contributed by atoms with Crippen LogP contribution < -0.4 is 0 Å². The molecular formula is C19H24O3. The van der Waals surface area contributed by atoms with Crippen molar-refractivity contribution < 1.29 is 14.4 Å². The minimum absolute atomic E-state index is 0.136. The average Bonchev–Trinajstić information content (AvgIpc) is 2.85. The summed E-state index contributed by atoms with van der Waals surface area (Å²) < 4.78 is 0. The number of hydrogen-bond donors (Lipinski definition) is 0. The van der Waals surface area contributed by atoms with E-state index in [1.165, 1.54) is 12.8 Å². The van der Waals surface area contributed by atoms with Crippen LogP contribution in [-0.2, 0) is 14.4 Å². The van der Waals surface area contributed by atoms with Crippen LogP contribution in [0.1, 0.15) is 58.8 Å². The highest BCUT2D eigenvalue weighted by atomic mass is 16.2. The van der Waals surface area contributed by atoms with Gasteiger partial charge in [-0.15, -0.1) is 0 Å². The molecule has 3 saturated carbocycles. The average molecular weight is 300 g/mol. The monoisotopic (exact) mass is 300 g/mol. The zero-order valence-electron chi connectivity index (χ0n) is 13.5. The van der Waals surface area contributed by atoms with E-state index < -0.39 is 5.41 Å². The lowest BCUT2D eigenvalue weighted by molar-refractivity contribution is -0.155. The summed E-state index contributed by atoms with van der Waals surface area (Å²) in [5, 5.41) is 0. The van der Waals surface area contributed by atoms with Crippen LogP contribution in [0.2, 0.25) is 0 Å². The quantitative estimate of drug-likeness (QED) is 0.509. The zero-order valence-corrected chi connectivity index (χ0v) is 13.5. The van der Waals surface area contributed by atoms with Gasteiger partial charge in [0, 0.05) is 18.8 Å². The van der Waals surface area contributed by atoms with Crippen molar-refractivity contribution in [2.24, 2.45) is 28.6 Å². The highest BCUT2D eigenvalue weighted by Gasteiger charge is 2.62. The summed E-state index contributed by atoms with van der Waals surface area (Å²) in [5.74, 6) is 0.237. The minimum atomic E-state index is -0.834. The Hall–Kier alpha value is -1.25. The molecule has 0 saturated heterocycles. The molecule has 0 radical (unpaired) electrons. The van der Waals surface area contributed by atoms with Crippen molar-refractivity contribution in [3.63, 3.8) is 0 Å². The number of carbonyl (C=O) groups excluding carboxylic acids is 3. The van der Waals surface area contributed by atoms with Crippen LogP contribution in [0.15, 0.2) is 11.6 Å². The normalized spacial score (nSPS) is 47.6. The third-order valence-corrected chi connectivity index (χ3v) is 7.32.